The number of halogens is 1. The monoisotopic (exact) mass is 422 g/mol. The van der Waals surface area contributed by atoms with Crippen LogP contribution in [-0.2, 0) is 0 Å². The fourth-order valence-electron chi connectivity index (χ4n) is 3.67. The van der Waals surface area contributed by atoms with Crippen molar-refractivity contribution in [2.24, 2.45) is 0 Å². The Morgan fingerprint density at radius 1 is 0.806 bits per heavy atom. The van der Waals surface area contributed by atoms with E-state index in [9.17, 15) is 9.50 Å². The first-order valence-electron chi connectivity index (χ1n) is 10.5. The van der Waals surface area contributed by atoms with E-state index in [0.29, 0.717) is 23.7 Å². The molecule has 1 atom stereocenters. The van der Waals surface area contributed by atoms with Crippen LogP contribution in [0.1, 0.15) is 0 Å². The van der Waals surface area contributed by atoms with Crippen molar-refractivity contribution in [1.82, 2.24) is 4.90 Å². The highest BCUT2D eigenvalue weighted by molar-refractivity contribution is 5.48. The minimum Gasteiger partial charge on any atom is -0.491 e. The van der Waals surface area contributed by atoms with E-state index in [1.807, 2.05) is 71.6 Å². The zero-order valence-corrected chi connectivity index (χ0v) is 17.4. The lowest BCUT2D eigenvalue weighted by atomic mass is 10.2. The van der Waals surface area contributed by atoms with Crippen LogP contribution in [0.15, 0.2) is 78.9 Å². The van der Waals surface area contributed by atoms with Gasteiger partial charge in [0.2, 0.25) is 0 Å². The van der Waals surface area contributed by atoms with Crippen molar-refractivity contribution < 1.29 is 19.0 Å². The van der Waals surface area contributed by atoms with Gasteiger partial charge in [0.15, 0.2) is 0 Å². The highest BCUT2D eigenvalue weighted by atomic mass is 19.1. The Morgan fingerprint density at radius 2 is 1.48 bits per heavy atom. The molecule has 1 aliphatic heterocycles. The summed E-state index contributed by atoms with van der Waals surface area (Å²) in [6.45, 7) is 3.71. The number of ether oxygens (including phenoxy) is 2. The quantitative estimate of drug-likeness (QED) is 0.590. The van der Waals surface area contributed by atoms with Gasteiger partial charge in [-0.2, -0.15) is 0 Å². The van der Waals surface area contributed by atoms with Gasteiger partial charge in [0.25, 0.3) is 0 Å². The number of para-hydroxylation sites is 2. The summed E-state index contributed by atoms with van der Waals surface area (Å²) in [6.07, 6.45) is -0.612. The lowest BCUT2D eigenvalue weighted by Gasteiger charge is -2.36. The smallest absolute Gasteiger partial charge is 0.146 e. The Balaban J connectivity index is 1.22. The zero-order valence-electron chi connectivity index (χ0n) is 17.4. The molecule has 0 radical (unpaired) electrons. The first-order valence-corrected chi connectivity index (χ1v) is 10.5. The predicted octanol–water partition coefficient (Wildman–Crippen LogP) is 4.18. The maximum absolute atomic E-state index is 14.0. The molecule has 1 aliphatic rings. The summed E-state index contributed by atoms with van der Waals surface area (Å²) >= 11 is 0. The van der Waals surface area contributed by atoms with E-state index in [2.05, 4.69) is 4.90 Å². The summed E-state index contributed by atoms with van der Waals surface area (Å²) in [7, 11) is 0. The van der Waals surface area contributed by atoms with Crippen LogP contribution in [-0.4, -0.2) is 55.4 Å². The van der Waals surface area contributed by atoms with Crippen LogP contribution in [0.5, 0.6) is 17.2 Å². The van der Waals surface area contributed by atoms with Crippen molar-refractivity contribution in [3.8, 4) is 17.2 Å². The molecule has 3 aromatic rings. The SMILES string of the molecule is OC(COc1cccc(Oc2ccccc2)c1)CN1CCN(c2ccccc2F)CC1. The molecule has 1 heterocycles. The molecule has 0 aromatic heterocycles. The molecule has 0 bridgehead atoms. The van der Waals surface area contributed by atoms with Crippen molar-refractivity contribution in [3.63, 3.8) is 0 Å². The van der Waals surface area contributed by atoms with Gasteiger partial charge < -0.3 is 19.5 Å². The summed E-state index contributed by atoms with van der Waals surface area (Å²) in [6, 6.07) is 23.8. The Labute approximate surface area is 182 Å². The summed E-state index contributed by atoms with van der Waals surface area (Å²) < 4.78 is 25.6. The predicted molar refractivity (Wildman–Crippen MR) is 120 cm³/mol. The van der Waals surface area contributed by atoms with Crippen LogP contribution >= 0.6 is 0 Å². The highest BCUT2D eigenvalue weighted by Gasteiger charge is 2.21. The van der Waals surface area contributed by atoms with E-state index < -0.39 is 6.10 Å². The van der Waals surface area contributed by atoms with Gasteiger partial charge in [0.1, 0.15) is 35.8 Å². The van der Waals surface area contributed by atoms with E-state index in [4.69, 9.17) is 9.47 Å². The van der Waals surface area contributed by atoms with Crippen LogP contribution in [0.4, 0.5) is 10.1 Å². The van der Waals surface area contributed by atoms with E-state index in [1.54, 1.807) is 6.07 Å². The molecule has 3 aromatic carbocycles. The molecule has 162 valence electrons. The van der Waals surface area contributed by atoms with Crippen LogP contribution < -0.4 is 14.4 Å². The largest absolute Gasteiger partial charge is 0.491 e. The fourth-order valence-corrected chi connectivity index (χ4v) is 3.67. The lowest BCUT2D eigenvalue weighted by Crippen LogP contribution is -2.49. The molecule has 0 aliphatic carbocycles. The molecule has 1 saturated heterocycles. The third kappa shape index (κ3) is 5.96. The minimum absolute atomic E-state index is 0.192. The standard InChI is InChI=1S/C25H27FN2O3/c26-24-11-4-5-12-25(24)28-15-13-27(14-16-28)18-20(29)19-30-22-9-6-10-23(17-22)31-21-7-2-1-3-8-21/h1-12,17,20,29H,13-16,18-19H2. The number of β-amino-alcohol motifs (C(OH)–C–C–N with tert-alkyl or cyclic N) is 1. The average Bonchev–Trinajstić information content (AvgIpc) is 2.80. The van der Waals surface area contributed by atoms with Gasteiger partial charge in [-0.25, -0.2) is 4.39 Å². The Bertz CT molecular complexity index is 962. The number of piperazine rings is 1. The number of hydrogen-bond acceptors (Lipinski definition) is 5. The molecule has 0 spiro atoms. The molecule has 0 amide bonds. The van der Waals surface area contributed by atoms with Crippen LogP contribution in [0.25, 0.3) is 0 Å². The molecule has 6 heteroatoms. The lowest BCUT2D eigenvalue weighted by molar-refractivity contribution is 0.0662. The molecule has 4 rings (SSSR count). The summed E-state index contributed by atoms with van der Waals surface area (Å²) in [4.78, 5) is 4.23. The first-order chi connectivity index (χ1) is 15.2. The van der Waals surface area contributed by atoms with Gasteiger partial charge in [-0.3, -0.25) is 4.90 Å². The summed E-state index contributed by atoms with van der Waals surface area (Å²) in [5, 5.41) is 10.4. The van der Waals surface area contributed by atoms with Crippen LogP contribution in [0.2, 0.25) is 0 Å². The van der Waals surface area contributed by atoms with Gasteiger partial charge >= 0.3 is 0 Å². The molecule has 1 N–H and O–H groups in total. The van der Waals surface area contributed by atoms with Gasteiger partial charge in [0, 0.05) is 38.8 Å². The molecular weight excluding hydrogens is 395 g/mol. The third-order valence-electron chi connectivity index (χ3n) is 5.26. The molecule has 5 nitrogen and oxygen atoms in total. The molecular formula is C25H27FN2O3. The van der Waals surface area contributed by atoms with Gasteiger partial charge in [0.05, 0.1) is 5.69 Å². The third-order valence-corrected chi connectivity index (χ3v) is 5.26. The summed E-state index contributed by atoms with van der Waals surface area (Å²) in [5.41, 5.74) is 0.642. The van der Waals surface area contributed by atoms with Crippen LogP contribution in [0.3, 0.4) is 0 Å². The molecule has 1 fully saturated rings. The number of nitrogens with zero attached hydrogens (tertiary/aromatic N) is 2. The van der Waals surface area contributed by atoms with Crippen molar-refractivity contribution in [2.45, 2.75) is 6.10 Å². The van der Waals surface area contributed by atoms with Gasteiger partial charge in [-0.15, -0.1) is 0 Å². The normalized spacial score (nSPS) is 15.5. The minimum atomic E-state index is -0.612. The van der Waals surface area contributed by atoms with Crippen molar-refractivity contribution in [2.75, 3.05) is 44.2 Å². The number of anilines is 1. The maximum Gasteiger partial charge on any atom is 0.146 e. The second-order valence-corrected chi connectivity index (χ2v) is 7.59. The number of hydrogen-bond donors (Lipinski definition) is 1. The van der Waals surface area contributed by atoms with Gasteiger partial charge in [-0.05, 0) is 36.4 Å². The average molecular weight is 423 g/mol. The topological polar surface area (TPSA) is 45.2 Å². The maximum atomic E-state index is 14.0. The second-order valence-electron chi connectivity index (χ2n) is 7.59. The highest BCUT2D eigenvalue weighted by Crippen LogP contribution is 2.25. The van der Waals surface area contributed by atoms with Crippen molar-refractivity contribution in [1.29, 1.82) is 0 Å². The molecule has 31 heavy (non-hydrogen) atoms. The van der Waals surface area contributed by atoms with E-state index in [0.717, 1.165) is 31.9 Å². The van der Waals surface area contributed by atoms with Crippen molar-refractivity contribution in [3.05, 3.63) is 84.7 Å². The number of benzene rings is 3. The molecule has 1 unspecified atom stereocenters. The second kappa shape index (κ2) is 10.3. The number of aliphatic hydroxyl groups is 1. The van der Waals surface area contributed by atoms with E-state index in [-0.39, 0.29) is 12.4 Å². The zero-order chi connectivity index (χ0) is 21.5. The van der Waals surface area contributed by atoms with E-state index in [1.165, 1.54) is 6.07 Å². The summed E-state index contributed by atoms with van der Waals surface area (Å²) in [5.74, 6) is 1.90. The number of rotatable bonds is 8. The Hall–Kier alpha value is -3.09. The Kier molecular flexibility index (Phi) is 7.02. The Morgan fingerprint density at radius 3 is 2.26 bits per heavy atom. The molecule has 0 saturated carbocycles. The van der Waals surface area contributed by atoms with E-state index >= 15 is 0 Å². The fraction of sp³-hybridized carbons (Fsp3) is 0.280. The van der Waals surface area contributed by atoms with Crippen LogP contribution in [0, 0.1) is 5.82 Å². The van der Waals surface area contributed by atoms with Gasteiger partial charge in [-0.1, -0.05) is 36.4 Å². The van der Waals surface area contributed by atoms with Crippen molar-refractivity contribution >= 4 is 5.69 Å². The number of aliphatic hydroxyl groups excluding tert-OH is 1. The first kappa shape index (κ1) is 21.2.